The minimum absolute atomic E-state index is 0.0914. The predicted molar refractivity (Wildman–Crippen MR) is 89.8 cm³/mol. The van der Waals surface area contributed by atoms with Crippen molar-refractivity contribution in [2.75, 3.05) is 26.2 Å². The van der Waals surface area contributed by atoms with Crippen LogP contribution in [-0.4, -0.2) is 49.3 Å². The van der Waals surface area contributed by atoms with E-state index in [0.29, 0.717) is 24.1 Å². The highest BCUT2D eigenvalue weighted by Crippen LogP contribution is 2.20. The molecule has 1 aliphatic rings. The van der Waals surface area contributed by atoms with Gasteiger partial charge in [0.05, 0.1) is 0 Å². The molecule has 1 aromatic rings. The molecule has 1 N–H and O–H groups in total. The fraction of sp³-hybridized carbons (Fsp3) is 0.611. The van der Waals surface area contributed by atoms with Gasteiger partial charge in [-0.15, -0.1) is 0 Å². The summed E-state index contributed by atoms with van der Waals surface area (Å²) in [5.41, 5.74) is 0.413. The van der Waals surface area contributed by atoms with Gasteiger partial charge in [-0.1, -0.05) is 0 Å². The van der Waals surface area contributed by atoms with E-state index in [0.717, 1.165) is 25.9 Å². The second-order valence-electron chi connectivity index (χ2n) is 6.74. The van der Waals surface area contributed by atoms with Gasteiger partial charge in [0, 0.05) is 24.7 Å². The number of ether oxygens (including phenoxy) is 1. The number of likely N-dealkylation sites (tertiary alicyclic amines) is 1. The van der Waals surface area contributed by atoms with Crippen molar-refractivity contribution < 1.29 is 22.7 Å². The van der Waals surface area contributed by atoms with E-state index in [2.05, 4.69) is 28.8 Å². The lowest BCUT2D eigenvalue weighted by Crippen LogP contribution is -2.43. The summed E-state index contributed by atoms with van der Waals surface area (Å²) in [7, 11) is 0. The number of benzene rings is 1. The van der Waals surface area contributed by atoms with E-state index in [-0.39, 0.29) is 11.7 Å². The first-order chi connectivity index (χ1) is 11.7. The molecule has 140 valence electrons. The first-order valence-corrected chi connectivity index (χ1v) is 8.56. The summed E-state index contributed by atoms with van der Waals surface area (Å²) >= 11 is 0. The van der Waals surface area contributed by atoms with Crippen molar-refractivity contribution in [3.05, 3.63) is 29.8 Å². The highest BCUT2D eigenvalue weighted by Gasteiger charge is 2.28. The second-order valence-corrected chi connectivity index (χ2v) is 6.74. The Morgan fingerprint density at radius 1 is 1.32 bits per heavy atom. The molecule has 1 amide bonds. The smallest absolute Gasteiger partial charge is 0.422 e. The average molecular weight is 358 g/mol. The van der Waals surface area contributed by atoms with Gasteiger partial charge in [-0.2, -0.15) is 13.2 Å². The van der Waals surface area contributed by atoms with Crippen molar-refractivity contribution in [2.45, 2.75) is 38.9 Å². The van der Waals surface area contributed by atoms with Gasteiger partial charge < -0.3 is 15.0 Å². The lowest BCUT2D eigenvalue weighted by atomic mass is 9.97. The normalized spacial score (nSPS) is 19.0. The molecule has 1 fully saturated rings. The highest BCUT2D eigenvalue weighted by atomic mass is 19.4. The Balaban J connectivity index is 1.80. The molecule has 1 aliphatic heterocycles. The first kappa shape index (κ1) is 19.6. The summed E-state index contributed by atoms with van der Waals surface area (Å²) in [6.07, 6.45) is -2.16. The van der Waals surface area contributed by atoms with Crippen LogP contribution in [0.15, 0.2) is 24.3 Å². The molecule has 0 radical (unpaired) electrons. The Bertz CT molecular complexity index is 558. The van der Waals surface area contributed by atoms with Crippen LogP contribution in [0.1, 0.15) is 37.0 Å². The lowest BCUT2D eigenvalue weighted by molar-refractivity contribution is -0.153. The molecule has 1 unspecified atom stereocenters. The van der Waals surface area contributed by atoms with Crippen molar-refractivity contribution in [2.24, 2.45) is 5.92 Å². The Labute approximate surface area is 146 Å². The number of carbonyl (C=O) groups excluding carboxylic acids is 1. The van der Waals surface area contributed by atoms with E-state index in [1.165, 1.54) is 24.3 Å². The number of amides is 1. The van der Waals surface area contributed by atoms with Crippen LogP contribution in [0.25, 0.3) is 0 Å². The van der Waals surface area contributed by atoms with Crippen molar-refractivity contribution in [1.29, 1.82) is 0 Å². The van der Waals surface area contributed by atoms with Gasteiger partial charge in [-0.25, -0.2) is 0 Å². The van der Waals surface area contributed by atoms with E-state index in [1.807, 2.05) is 0 Å². The number of hydrogen-bond donors (Lipinski definition) is 1. The minimum atomic E-state index is -4.38. The zero-order valence-electron chi connectivity index (χ0n) is 14.6. The average Bonchev–Trinajstić information content (AvgIpc) is 2.58. The molecular formula is C18H25F3N2O2. The molecule has 0 spiro atoms. The van der Waals surface area contributed by atoms with E-state index in [9.17, 15) is 18.0 Å². The van der Waals surface area contributed by atoms with Gasteiger partial charge in [0.15, 0.2) is 6.61 Å². The van der Waals surface area contributed by atoms with Crippen LogP contribution in [-0.2, 0) is 0 Å². The van der Waals surface area contributed by atoms with Gasteiger partial charge in [-0.3, -0.25) is 4.79 Å². The van der Waals surface area contributed by atoms with Gasteiger partial charge in [-0.05, 0) is 63.4 Å². The van der Waals surface area contributed by atoms with Crippen LogP contribution < -0.4 is 10.1 Å². The fourth-order valence-electron chi connectivity index (χ4n) is 2.94. The summed E-state index contributed by atoms with van der Waals surface area (Å²) < 4.78 is 41.0. The topological polar surface area (TPSA) is 41.6 Å². The monoisotopic (exact) mass is 358 g/mol. The van der Waals surface area contributed by atoms with Gasteiger partial charge in [0.2, 0.25) is 0 Å². The number of nitrogens with one attached hydrogen (secondary N) is 1. The Morgan fingerprint density at radius 3 is 2.60 bits per heavy atom. The van der Waals surface area contributed by atoms with Gasteiger partial charge >= 0.3 is 6.18 Å². The summed E-state index contributed by atoms with van der Waals surface area (Å²) in [4.78, 5) is 14.6. The quantitative estimate of drug-likeness (QED) is 0.847. The van der Waals surface area contributed by atoms with E-state index >= 15 is 0 Å². The molecule has 1 aromatic carbocycles. The minimum Gasteiger partial charge on any atom is -0.484 e. The van der Waals surface area contributed by atoms with Crippen LogP contribution in [0.4, 0.5) is 13.2 Å². The zero-order valence-corrected chi connectivity index (χ0v) is 14.6. The molecule has 0 aliphatic carbocycles. The second kappa shape index (κ2) is 8.56. The lowest BCUT2D eigenvalue weighted by Gasteiger charge is -2.35. The van der Waals surface area contributed by atoms with Crippen molar-refractivity contribution in [3.8, 4) is 5.75 Å². The van der Waals surface area contributed by atoms with Crippen LogP contribution in [0.3, 0.4) is 0 Å². The Morgan fingerprint density at radius 2 is 2.00 bits per heavy atom. The van der Waals surface area contributed by atoms with Crippen LogP contribution in [0.2, 0.25) is 0 Å². The standard InChI is InChI=1S/C18H25F3N2O2/c1-13(2)23-9-3-4-14(11-23)10-22-17(24)15-5-7-16(8-6-15)25-12-18(19,20)21/h5-8,13-14H,3-4,9-12H2,1-2H3,(H,22,24). The third-order valence-electron chi connectivity index (χ3n) is 4.35. The van der Waals surface area contributed by atoms with Crippen molar-refractivity contribution in [3.63, 3.8) is 0 Å². The van der Waals surface area contributed by atoms with Crippen molar-refractivity contribution in [1.82, 2.24) is 10.2 Å². The van der Waals surface area contributed by atoms with Crippen molar-refractivity contribution >= 4 is 5.91 Å². The molecule has 0 saturated carbocycles. The maximum atomic E-state index is 12.2. The summed E-state index contributed by atoms with van der Waals surface area (Å²) in [5, 5.41) is 2.92. The number of halogens is 3. The number of alkyl halides is 3. The third-order valence-corrected chi connectivity index (χ3v) is 4.35. The SMILES string of the molecule is CC(C)N1CCCC(CNC(=O)c2ccc(OCC(F)(F)F)cc2)C1. The molecule has 7 heteroatoms. The molecule has 1 atom stereocenters. The van der Waals surface area contributed by atoms with E-state index in [1.54, 1.807) is 0 Å². The molecule has 2 rings (SSSR count). The molecule has 1 heterocycles. The number of carbonyl (C=O) groups is 1. The number of rotatable bonds is 6. The maximum absolute atomic E-state index is 12.2. The van der Waals surface area contributed by atoms with Crippen LogP contribution in [0.5, 0.6) is 5.75 Å². The fourth-order valence-corrected chi connectivity index (χ4v) is 2.94. The zero-order chi connectivity index (χ0) is 18.4. The molecule has 0 aromatic heterocycles. The van der Waals surface area contributed by atoms with Gasteiger partial charge in [0.1, 0.15) is 5.75 Å². The Hall–Kier alpha value is -1.76. The molecule has 1 saturated heterocycles. The van der Waals surface area contributed by atoms with Gasteiger partial charge in [0.25, 0.3) is 5.91 Å². The number of piperidine rings is 1. The molecular weight excluding hydrogens is 333 g/mol. The Kier molecular flexibility index (Phi) is 6.70. The van der Waals surface area contributed by atoms with Crippen LogP contribution >= 0.6 is 0 Å². The van der Waals surface area contributed by atoms with E-state index in [4.69, 9.17) is 0 Å². The summed E-state index contributed by atoms with van der Waals surface area (Å²) in [6, 6.07) is 6.21. The number of nitrogens with zero attached hydrogens (tertiary/aromatic N) is 1. The maximum Gasteiger partial charge on any atom is 0.422 e. The number of hydrogen-bond acceptors (Lipinski definition) is 3. The van der Waals surface area contributed by atoms with Crippen LogP contribution in [0, 0.1) is 5.92 Å². The molecule has 25 heavy (non-hydrogen) atoms. The van der Waals surface area contributed by atoms with E-state index < -0.39 is 12.8 Å². The molecule has 4 nitrogen and oxygen atoms in total. The summed E-state index contributed by atoms with van der Waals surface area (Å²) in [6.45, 7) is 5.68. The first-order valence-electron chi connectivity index (χ1n) is 8.56. The third kappa shape index (κ3) is 6.57. The predicted octanol–water partition coefficient (Wildman–Crippen LogP) is 3.48. The summed E-state index contributed by atoms with van der Waals surface area (Å²) in [5.74, 6) is 0.298. The largest absolute Gasteiger partial charge is 0.484 e. The highest BCUT2D eigenvalue weighted by molar-refractivity contribution is 5.94. The molecule has 0 bridgehead atoms.